The lowest BCUT2D eigenvalue weighted by Crippen LogP contribution is -2.41. The Morgan fingerprint density at radius 2 is 1.87 bits per heavy atom. The third kappa shape index (κ3) is 4.60. The van der Waals surface area contributed by atoms with Crippen molar-refractivity contribution in [3.63, 3.8) is 0 Å². The molecule has 2 atom stereocenters. The van der Waals surface area contributed by atoms with Gasteiger partial charge in [-0.1, -0.05) is 42.5 Å². The Morgan fingerprint density at radius 1 is 1.13 bits per heavy atom. The predicted octanol–water partition coefficient (Wildman–Crippen LogP) is 4.20. The van der Waals surface area contributed by atoms with Gasteiger partial charge in [-0.3, -0.25) is 9.59 Å². The molecule has 6 heteroatoms. The van der Waals surface area contributed by atoms with E-state index < -0.39 is 12.1 Å². The summed E-state index contributed by atoms with van der Waals surface area (Å²) in [5.41, 5.74) is 6.53. The predicted molar refractivity (Wildman–Crippen MR) is 122 cm³/mol. The maximum Gasteiger partial charge on any atom is 0.254 e. The Balaban J connectivity index is 1.42. The molecule has 0 bridgehead atoms. The van der Waals surface area contributed by atoms with E-state index in [1.807, 2.05) is 49.7 Å². The number of aromatic nitrogens is 1. The van der Waals surface area contributed by atoms with Crippen LogP contribution in [0.25, 0.3) is 10.4 Å². The Bertz CT molecular complexity index is 1090. The average molecular weight is 435 g/mol. The van der Waals surface area contributed by atoms with E-state index in [1.54, 1.807) is 22.3 Å². The summed E-state index contributed by atoms with van der Waals surface area (Å²) in [7, 11) is 0. The number of β-amino-alcohol motifs (C(OH)–C–C–N with tert-alkyl or cyclic N) is 1. The number of benzene rings is 2. The number of thiazole rings is 1. The molecule has 1 N–H and O–H groups in total. The highest BCUT2D eigenvalue weighted by atomic mass is 32.1. The summed E-state index contributed by atoms with van der Waals surface area (Å²) in [5, 5.41) is 10.2. The molecule has 0 unspecified atom stereocenters. The molecule has 160 valence electrons. The van der Waals surface area contributed by atoms with Crippen molar-refractivity contribution in [3.8, 4) is 10.4 Å². The highest BCUT2D eigenvalue weighted by Crippen LogP contribution is 2.28. The van der Waals surface area contributed by atoms with Crippen molar-refractivity contribution >= 4 is 23.0 Å². The van der Waals surface area contributed by atoms with Gasteiger partial charge in [-0.15, -0.1) is 11.3 Å². The van der Waals surface area contributed by atoms with E-state index in [0.29, 0.717) is 24.8 Å². The van der Waals surface area contributed by atoms with Crippen LogP contribution < -0.4 is 0 Å². The SMILES string of the molecule is Cc1ccccc1C(=O)N1C[C@H](O)C[C@H]1C(=O)CCc1ccc(-c2scnc2C)cc1. The van der Waals surface area contributed by atoms with Crippen LogP contribution in [0.4, 0.5) is 0 Å². The third-order valence-corrected chi connectivity index (χ3v) is 6.89. The van der Waals surface area contributed by atoms with Crippen molar-refractivity contribution in [2.75, 3.05) is 6.54 Å². The first-order chi connectivity index (χ1) is 14.9. The molecule has 2 heterocycles. The molecule has 0 saturated carbocycles. The topological polar surface area (TPSA) is 70.5 Å². The van der Waals surface area contributed by atoms with Crippen LogP contribution in [0.5, 0.6) is 0 Å². The van der Waals surface area contributed by atoms with Crippen LogP contribution in [-0.2, 0) is 11.2 Å². The lowest BCUT2D eigenvalue weighted by atomic mass is 9.99. The number of ketones is 1. The van der Waals surface area contributed by atoms with E-state index in [2.05, 4.69) is 17.1 Å². The normalized spacial score (nSPS) is 18.4. The smallest absolute Gasteiger partial charge is 0.254 e. The zero-order chi connectivity index (χ0) is 22.0. The van der Waals surface area contributed by atoms with E-state index in [1.165, 1.54) is 0 Å². The molecule has 2 aromatic carbocycles. The quantitative estimate of drug-likeness (QED) is 0.631. The molecule has 0 spiro atoms. The molecule has 0 radical (unpaired) electrons. The van der Waals surface area contributed by atoms with Crippen LogP contribution in [-0.4, -0.2) is 45.4 Å². The number of aliphatic hydroxyl groups excluding tert-OH is 1. The monoisotopic (exact) mass is 434 g/mol. The Labute approximate surface area is 186 Å². The van der Waals surface area contributed by atoms with Gasteiger partial charge in [0.25, 0.3) is 5.91 Å². The molecule has 1 aromatic heterocycles. The van der Waals surface area contributed by atoms with Crippen molar-refractivity contribution in [1.82, 2.24) is 9.88 Å². The molecule has 31 heavy (non-hydrogen) atoms. The van der Waals surface area contributed by atoms with Gasteiger partial charge < -0.3 is 10.0 Å². The summed E-state index contributed by atoms with van der Waals surface area (Å²) in [4.78, 5) is 33.0. The van der Waals surface area contributed by atoms with Gasteiger partial charge in [-0.05, 0) is 43.0 Å². The van der Waals surface area contributed by atoms with Crippen LogP contribution in [0.1, 0.15) is 40.0 Å². The third-order valence-electron chi connectivity index (χ3n) is 5.91. The summed E-state index contributed by atoms with van der Waals surface area (Å²) in [6, 6.07) is 15.0. The molecule has 4 rings (SSSR count). The van der Waals surface area contributed by atoms with E-state index in [9.17, 15) is 14.7 Å². The van der Waals surface area contributed by atoms with E-state index in [4.69, 9.17) is 0 Å². The minimum absolute atomic E-state index is 0.000798. The Hall–Kier alpha value is -2.83. The van der Waals surface area contributed by atoms with Crippen LogP contribution in [0.3, 0.4) is 0 Å². The molecular formula is C25H26N2O3S. The number of carbonyl (C=O) groups is 2. The molecule has 1 amide bonds. The van der Waals surface area contributed by atoms with Crippen molar-refractivity contribution in [2.24, 2.45) is 0 Å². The fourth-order valence-electron chi connectivity index (χ4n) is 4.15. The first kappa shape index (κ1) is 21.4. The fourth-order valence-corrected chi connectivity index (χ4v) is 4.96. The number of likely N-dealkylation sites (tertiary alicyclic amines) is 1. The van der Waals surface area contributed by atoms with Gasteiger partial charge in [0.15, 0.2) is 5.78 Å². The zero-order valence-corrected chi connectivity index (χ0v) is 18.6. The Kier molecular flexibility index (Phi) is 6.30. The number of aryl methyl sites for hydroxylation is 3. The van der Waals surface area contributed by atoms with Crippen LogP contribution in [0, 0.1) is 13.8 Å². The average Bonchev–Trinajstić information content (AvgIpc) is 3.38. The van der Waals surface area contributed by atoms with Gasteiger partial charge in [0.1, 0.15) is 0 Å². The second-order valence-electron chi connectivity index (χ2n) is 8.11. The van der Waals surface area contributed by atoms with E-state index >= 15 is 0 Å². The summed E-state index contributed by atoms with van der Waals surface area (Å²) in [5.74, 6) is -0.182. The van der Waals surface area contributed by atoms with Gasteiger partial charge in [0.05, 0.1) is 28.2 Å². The molecule has 5 nitrogen and oxygen atoms in total. The largest absolute Gasteiger partial charge is 0.391 e. The molecule has 0 aliphatic carbocycles. The zero-order valence-electron chi connectivity index (χ0n) is 17.7. The number of hydrogen-bond donors (Lipinski definition) is 1. The van der Waals surface area contributed by atoms with Crippen molar-refractivity contribution in [2.45, 2.75) is 45.3 Å². The number of nitrogens with zero attached hydrogens (tertiary/aromatic N) is 2. The lowest BCUT2D eigenvalue weighted by Gasteiger charge is -2.24. The number of Topliss-reactive ketones (excluding diaryl/α,β-unsaturated/α-hetero) is 1. The molecule has 1 fully saturated rings. The molecular weight excluding hydrogens is 408 g/mol. The van der Waals surface area contributed by atoms with Crippen LogP contribution in [0.2, 0.25) is 0 Å². The van der Waals surface area contributed by atoms with Crippen LogP contribution >= 0.6 is 11.3 Å². The highest BCUT2D eigenvalue weighted by Gasteiger charge is 2.38. The summed E-state index contributed by atoms with van der Waals surface area (Å²) < 4.78 is 0. The second kappa shape index (κ2) is 9.12. The van der Waals surface area contributed by atoms with Crippen molar-refractivity contribution in [3.05, 3.63) is 76.4 Å². The summed E-state index contributed by atoms with van der Waals surface area (Å²) >= 11 is 1.62. The Morgan fingerprint density at radius 3 is 2.55 bits per heavy atom. The first-order valence-corrected chi connectivity index (χ1v) is 11.4. The standard InChI is InChI=1S/C25H26N2O3S/c1-16-5-3-4-6-21(16)25(30)27-14-20(28)13-22(27)23(29)12-9-18-7-10-19(11-8-18)24-17(2)26-15-31-24/h3-8,10-11,15,20,22,28H,9,12-14H2,1-2H3/t20-,22+/m1/s1. The molecule has 1 aliphatic rings. The van der Waals surface area contributed by atoms with Gasteiger partial charge in [0.2, 0.25) is 0 Å². The van der Waals surface area contributed by atoms with E-state index in [0.717, 1.165) is 27.3 Å². The lowest BCUT2D eigenvalue weighted by molar-refractivity contribution is -0.122. The minimum atomic E-state index is -0.663. The maximum absolute atomic E-state index is 13.0. The summed E-state index contributed by atoms with van der Waals surface area (Å²) in [6.45, 7) is 4.08. The number of carbonyl (C=O) groups excluding carboxylic acids is 2. The highest BCUT2D eigenvalue weighted by molar-refractivity contribution is 7.13. The first-order valence-electron chi connectivity index (χ1n) is 10.5. The number of rotatable bonds is 6. The number of hydrogen-bond acceptors (Lipinski definition) is 5. The fraction of sp³-hybridized carbons (Fsp3) is 0.320. The van der Waals surface area contributed by atoms with Gasteiger partial charge in [-0.2, -0.15) is 0 Å². The second-order valence-corrected chi connectivity index (χ2v) is 8.96. The number of amides is 1. The van der Waals surface area contributed by atoms with Gasteiger partial charge in [-0.25, -0.2) is 4.98 Å². The maximum atomic E-state index is 13.0. The van der Waals surface area contributed by atoms with Crippen molar-refractivity contribution < 1.29 is 14.7 Å². The van der Waals surface area contributed by atoms with Gasteiger partial charge in [0, 0.05) is 24.9 Å². The minimum Gasteiger partial charge on any atom is -0.391 e. The van der Waals surface area contributed by atoms with Crippen LogP contribution in [0.15, 0.2) is 54.0 Å². The number of aliphatic hydroxyl groups is 1. The van der Waals surface area contributed by atoms with Crippen molar-refractivity contribution in [1.29, 1.82) is 0 Å². The van der Waals surface area contributed by atoms with Gasteiger partial charge >= 0.3 is 0 Å². The molecule has 1 saturated heterocycles. The molecule has 3 aromatic rings. The summed E-state index contributed by atoms with van der Waals surface area (Å²) in [6.07, 6.45) is 0.595. The van der Waals surface area contributed by atoms with E-state index in [-0.39, 0.29) is 18.2 Å². The molecule has 1 aliphatic heterocycles.